The normalized spacial score (nSPS) is 15.1. The minimum absolute atomic E-state index is 0.0944. The van der Waals surface area contributed by atoms with E-state index in [0.29, 0.717) is 16.7 Å². The minimum atomic E-state index is -1.61. The van der Waals surface area contributed by atoms with Crippen LogP contribution in [-0.4, -0.2) is 126 Å². The van der Waals surface area contributed by atoms with Crippen LogP contribution in [0.1, 0.15) is 60.0 Å². The lowest BCUT2D eigenvalue weighted by Crippen LogP contribution is -2.51. The zero-order valence-electron chi connectivity index (χ0n) is 32.4. The summed E-state index contributed by atoms with van der Waals surface area (Å²) >= 11 is 5.30. The number of phenols is 1. The third-order valence-corrected chi connectivity index (χ3v) is 9.32. The Balaban J connectivity index is 1.25. The first kappa shape index (κ1) is 47.2. The number of rotatable bonds is 21. The molecule has 0 radical (unpaired) electrons. The van der Waals surface area contributed by atoms with Crippen LogP contribution in [-0.2, 0) is 28.8 Å². The van der Waals surface area contributed by atoms with Crippen molar-refractivity contribution in [3.05, 3.63) is 82.6 Å². The fourth-order valence-corrected chi connectivity index (χ4v) is 6.36. The van der Waals surface area contributed by atoms with E-state index in [0.717, 1.165) is 0 Å². The summed E-state index contributed by atoms with van der Waals surface area (Å²) in [5.41, 5.74) is 1.69. The number of allylic oxidation sites excluding steroid dienone is 1. The maximum absolute atomic E-state index is 12.6. The van der Waals surface area contributed by atoms with Crippen LogP contribution in [0, 0.1) is 0 Å². The van der Waals surface area contributed by atoms with Gasteiger partial charge < -0.3 is 72.4 Å². The molecule has 0 aromatic heterocycles. The highest BCUT2D eigenvalue weighted by Gasteiger charge is 2.30. The first-order valence-corrected chi connectivity index (χ1v) is 19.0. The Morgan fingerprint density at radius 1 is 0.710 bits per heavy atom. The summed E-state index contributed by atoms with van der Waals surface area (Å²) < 4.78 is 5.90. The van der Waals surface area contributed by atoms with Crippen molar-refractivity contribution in [1.29, 1.82) is 0 Å². The van der Waals surface area contributed by atoms with Gasteiger partial charge in [-0.3, -0.25) is 14.4 Å². The lowest BCUT2D eigenvalue weighted by Gasteiger charge is -2.28. The number of fused-ring (bicyclic) bond motifs is 2. The molecule has 1 heterocycles. The van der Waals surface area contributed by atoms with Gasteiger partial charge >= 0.3 is 35.9 Å². The van der Waals surface area contributed by atoms with Gasteiger partial charge in [0.15, 0.2) is 5.11 Å². The molecular formula is C39H42N6O16S. The van der Waals surface area contributed by atoms with Crippen molar-refractivity contribution in [3.8, 4) is 11.5 Å². The Labute approximate surface area is 356 Å². The summed E-state index contributed by atoms with van der Waals surface area (Å²) in [5, 5.41) is 81.6. The van der Waals surface area contributed by atoms with E-state index < -0.39 is 97.6 Å². The first-order valence-electron chi connectivity index (χ1n) is 18.6. The van der Waals surface area contributed by atoms with Crippen LogP contribution in [0.2, 0.25) is 0 Å². The smallest absolute Gasteiger partial charge is 0.336 e. The van der Waals surface area contributed by atoms with Gasteiger partial charge in [-0.2, -0.15) is 0 Å². The van der Waals surface area contributed by atoms with E-state index in [1.54, 1.807) is 12.1 Å². The second kappa shape index (κ2) is 21.6. The Morgan fingerprint density at radius 3 is 1.81 bits per heavy atom. The van der Waals surface area contributed by atoms with E-state index in [1.807, 2.05) is 10.6 Å². The second-order valence-electron chi connectivity index (χ2n) is 13.6. The first-order chi connectivity index (χ1) is 29.3. The van der Waals surface area contributed by atoms with Crippen molar-refractivity contribution in [2.24, 2.45) is 0 Å². The number of hydrogen-bond donors (Lipinski definition) is 13. The van der Waals surface area contributed by atoms with Crippen molar-refractivity contribution in [2.75, 3.05) is 18.4 Å². The Hall–Kier alpha value is -7.53. The van der Waals surface area contributed by atoms with Gasteiger partial charge in [-0.15, -0.1) is 0 Å². The number of aliphatic hydroxyl groups is 1. The van der Waals surface area contributed by atoms with E-state index in [9.17, 15) is 63.9 Å². The van der Waals surface area contributed by atoms with Gasteiger partial charge in [0, 0.05) is 60.8 Å². The average molecular weight is 883 g/mol. The molecule has 23 heteroatoms. The zero-order chi connectivity index (χ0) is 45.7. The summed E-state index contributed by atoms with van der Waals surface area (Å²) in [6, 6.07) is 2.88. The van der Waals surface area contributed by atoms with Crippen molar-refractivity contribution in [2.45, 2.75) is 62.8 Å². The number of anilines is 1. The van der Waals surface area contributed by atoms with Crippen LogP contribution in [0.25, 0.3) is 5.57 Å². The third-order valence-electron chi connectivity index (χ3n) is 9.10. The van der Waals surface area contributed by atoms with Gasteiger partial charge in [0.25, 0.3) is 0 Å². The molecule has 1 unspecified atom stereocenters. The molecule has 62 heavy (non-hydrogen) atoms. The molecular weight excluding hydrogens is 841 g/mol. The molecule has 330 valence electrons. The summed E-state index contributed by atoms with van der Waals surface area (Å²) in [5.74, 6) is -7.87. The van der Waals surface area contributed by atoms with Gasteiger partial charge in [-0.1, -0.05) is 18.2 Å². The molecule has 4 amide bonds. The van der Waals surface area contributed by atoms with Gasteiger partial charge in [0.2, 0.25) is 11.8 Å². The molecule has 0 saturated heterocycles. The fraction of sp³-hybridized carbons (Fsp3) is 0.308. The van der Waals surface area contributed by atoms with E-state index >= 15 is 0 Å². The molecule has 0 saturated carbocycles. The highest BCUT2D eigenvalue weighted by Crippen LogP contribution is 2.45. The molecule has 2 aromatic rings. The van der Waals surface area contributed by atoms with Crippen LogP contribution in [0.3, 0.4) is 0 Å². The van der Waals surface area contributed by atoms with Gasteiger partial charge in [0.1, 0.15) is 35.4 Å². The van der Waals surface area contributed by atoms with E-state index in [2.05, 4.69) is 21.3 Å². The SMILES string of the molecule is O=C(O)CC[C@H](NC(=O)N[C@@H](CCC(=O)NCCNC(=O)CC[C@H](NC(=S)Nc1ccc(C2=C3C=CC(O)C=C3Oc3cc(O)ccc32)c(C(=O)O)c1)C(=O)O)C(=O)O)C(=O)O. The van der Waals surface area contributed by atoms with Crippen LogP contribution >= 0.6 is 12.2 Å². The number of nitrogens with one attached hydrogen (secondary N) is 6. The van der Waals surface area contributed by atoms with Crippen LogP contribution < -0.4 is 36.6 Å². The van der Waals surface area contributed by atoms with Crippen LogP contribution in [0.4, 0.5) is 10.5 Å². The predicted molar refractivity (Wildman–Crippen MR) is 218 cm³/mol. The quantitative estimate of drug-likeness (QED) is 0.0606. The van der Waals surface area contributed by atoms with Crippen LogP contribution in [0.15, 0.2) is 66.0 Å². The summed E-state index contributed by atoms with van der Waals surface area (Å²) in [6.45, 7) is -0.200. The molecule has 22 nitrogen and oxygen atoms in total. The second-order valence-corrected chi connectivity index (χ2v) is 14.0. The largest absolute Gasteiger partial charge is 0.508 e. The predicted octanol–water partition coefficient (Wildman–Crippen LogP) is 0.702. The average Bonchev–Trinajstić information content (AvgIpc) is 3.19. The molecule has 13 N–H and O–H groups in total. The molecule has 2 aromatic carbocycles. The van der Waals surface area contributed by atoms with Crippen molar-refractivity contribution in [3.63, 3.8) is 0 Å². The van der Waals surface area contributed by atoms with Gasteiger partial charge in [-0.05, 0) is 67.4 Å². The highest BCUT2D eigenvalue weighted by atomic mass is 32.1. The van der Waals surface area contributed by atoms with Crippen molar-refractivity contribution < 1.29 is 78.8 Å². The molecule has 1 aliphatic heterocycles. The molecule has 4 rings (SSSR count). The summed E-state index contributed by atoms with van der Waals surface area (Å²) in [7, 11) is 0. The Kier molecular flexibility index (Phi) is 16.5. The number of aliphatic hydroxyl groups excluding tert-OH is 1. The number of aromatic hydroxyl groups is 1. The number of phenolic OH excluding ortho intramolecular Hbond substituents is 1. The van der Waals surface area contributed by atoms with Crippen LogP contribution in [0.5, 0.6) is 11.5 Å². The lowest BCUT2D eigenvalue weighted by atomic mass is 9.85. The lowest BCUT2D eigenvalue weighted by molar-refractivity contribution is -0.141. The summed E-state index contributed by atoms with van der Waals surface area (Å²) in [4.78, 5) is 95.0. The number of ether oxygens (including phenoxy) is 1. The number of hydrogen-bond acceptors (Lipinski definition) is 12. The highest BCUT2D eigenvalue weighted by molar-refractivity contribution is 7.80. The monoisotopic (exact) mass is 882 g/mol. The Bertz CT molecular complexity index is 2240. The molecule has 0 bridgehead atoms. The molecule has 2 aliphatic rings. The standard InChI is InChI=1S/C39H42N6O16S/c46-19-2-5-22-28(16-19)61-29-17-20(47)3-6-23(29)33(22)21-4-1-18(15-24(21)34(52)53)42-39(62)45-27(37(58)59)8-11-31(49)41-14-13-40-30(48)10-7-25(35(54)55)43-38(60)44-26(36(56)57)9-12-32(50)51/h1-6,15-17,19,25-27,46-47H,7-14H2,(H,40,48)(H,41,49)(H,50,51)(H,52,53)(H,54,55)(H,56,57)(H,58,59)(H2,42,45,62)(H2,43,44,60)/t19?,25-,26-,27-/m0/s1. The fourth-order valence-electron chi connectivity index (χ4n) is 6.10. The third kappa shape index (κ3) is 13.5. The molecule has 4 atom stereocenters. The number of aliphatic carboxylic acids is 4. The van der Waals surface area contributed by atoms with E-state index in [1.165, 1.54) is 42.5 Å². The number of carboxylic acid groups (broad SMARTS) is 5. The summed E-state index contributed by atoms with van der Waals surface area (Å²) in [6.07, 6.45) is 1.19. The number of benzene rings is 2. The maximum atomic E-state index is 12.6. The number of thiocarbonyl (C=S) groups is 1. The van der Waals surface area contributed by atoms with Gasteiger partial charge in [-0.25, -0.2) is 24.0 Å². The van der Waals surface area contributed by atoms with Gasteiger partial charge in [0.05, 0.1) is 11.7 Å². The van der Waals surface area contributed by atoms with Crippen molar-refractivity contribution in [1.82, 2.24) is 26.6 Å². The number of carbonyl (C=O) groups is 8. The maximum Gasteiger partial charge on any atom is 0.336 e. The van der Waals surface area contributed by atoms with Crippen molar-refractivity contribution >= 4 is 76.3 Å². The molecule has 0 spiro atoms. The molecule has 0 fully saturated rings. The number of urea groups is 1. The molecule has 1 aliphatic carbocycles. The number of carbonyl (C=O) groups excluding carboxylic acids is 3. The Morgan fingerprint density at radius 2 is 1.26 bits per heavy atom. The number of carboxylic acids is 5. The van der Waals surface area contributed by atoms with E-state index in [-0.39, 0.29) is 65.1 Å². The number of amides is 4. The van der Waals surface area contributed by atoms with E-state index in [4.69, 9.17) is 27.2 Å². The number of aromatic carboxylic acids is 1. The zero-order valence-corrected chi connectivity index (χ0v) is 33.2. The topological polar surface area (TPSA) is 360 Å². The minimum Gasteiger partial charge on any atom is -0.508 e.